The zero-order valence-electron chi connectivity index (χ0n) is 21.7. The Labute approximate surface area is 227 Å². The smallest absolute Gasteiger partial charge is 0.289 e. The zero-order chi connectivity index (χ0) is 26.8. The molecule has 1 saturated heterocycles. The second-order valence-corrected chi connectivity index (χ2v) is 10.2. The number of carbonyl (C=O) groups is 1. The SMILES string of the molecule is O=C(c1ccc(CN2CCn3cccc3C2c2ccc([N+](=O)[O-])cc2)o1)N1CCN(Cc2ccccc2)CC1. The number of hydrogen-bond acceptors (Lipinski definition) is 6. The average molecular weight is 526 g/mol. The normalized spacial score (nSPS) is 18.2. The Bertz CT molecular complexity index is 1440. The van der Waals surface area contributed by atoms with E-state index < -0.39 is 0 Å². The number of amides is 1. The van der Waals surface area contributed by atoms with Crippen molar-refractivity contribution in [2.45, 2.75) is 25.7 Å². The maximum absolute atomic E-state index is 13.2. The standard InChI is InChI=1S/C30H31N5O4/c36-30(33-17-15-31(16-18-33)21-23-5-2-1-3-6-23)28-13-12-26(39-28)22-34-20-19-32-14-4-7-27(32)29(34)24-8-10-25(11-9-24)35(37)38/h1-14,29H,15-22H2. The average Bonchev–Trinajstić information content (AvgIpc) is 3.64. The molecule has 2 aromatic carbocycles. The first-order valence-corrected chi connectivity index (χ1v) is 13.3. The van der Waals surface area contributed by atoms with Gasteiger partial charge >= 0.3 is 0 Å². The number of nitro benzene ring substituents is 1. The van der Waals surface area contributed by atoms with Crippen LogP contribution in [0.4, 0.5) is 5.69 Å². The number of nitrogens with zero attached hydrogens (tertiary/aromatic N) is 5. The van der Waals surface area contributed by atoms with E-state index in [1.807, 2.05) is 35.2 Å². The van der Waals surface area contributed by atoms with Crippen molar-refractivity contribution < 1.29 is 14.1 Å². The van der Waals surface area contributed by atoms with E-state index in [9.17, 15) is 14.9 Å². The molecule has 0 aliphatic carbocycles. The Morgan fingerprint density at radius 1 is 0.846 bits per heavy atom. The number of aromatic nitrogens is 1. The quantitative estimate of drug-likeness (QED) is 0.260. The van der Waals surface area contributed by atoms with Crippen LogP contribution in [0.3, 0.4) is 0 Å². The molecule has 9 heteroatoms. The molecule has 1 fully saturated rings. The third-order valence-electron chi connectivity index (χ3n) is 7.70. The van der Waals surface area contributed by atoms with Gasteiger partial charge in [-0.1, -0.05) is 42.5 Å². The third-order valence-corrected chi connectivity index (χ3v) is 7.70. The van der Waals surface area contributed by atoms with Gasteiger partial charge in [-0.15, -0.1) is 0 Å². The minimum atomic E-state index is -0.379. The van der Waals surface area contributed by atoms with E-state index in [1.54, 1.807) is 18.2 Å². The van der Waals surface area contributed by atoms with Gasteiger partial charge in [-0.25, -0.2) is 0 Å². The minimum absolute atomic E-state index is 0.0694. The summed E-state index contributed by atoms with van der Waals surface area (Å²) in [6, 6.07) is 24.9. The van der Waals surface area contributed by atoms with Crippen molar-refractivity contribution in [3.63, 3.8) is 0 Å². The topological polar surface area (TPSA) is 88.0 Å². The Morgan fingerprint density at radius 2 is 1.62 bits per heavy atom. The van der Waals surface area contributed by atoms with Crippen LogP contribution in [0.2, 0.25) is 0 Å². The highest BCUT2D eigenvalue weighted by atomic mass is 16.6. The van der Waals surface area contributed by atoms with Crippen molar-refractivity contribution in [1.29, 1.82) is 0 Å². The largest absolute Gasteiger partial charge is 0.455 e. The first-order valence-electron chi connectivity index (χ1n) is 13.3. The van der Waals surface area contributed by atoms with Gasteiger partial charge in [0.2, 0.25) is 0 Å². The van der Waals surface area contributed by atoms with E-state index in [0.29, 0.717) is 25.4 Å². The number of carbonyl (C=O) groups excluding carboxylic acids is 1. The molecule has 0 radical (unpaired) electrons. The molecule has 2 aromatic heterocycles. The molecule has 39 heavy (non-hydrogen) atoms. The number of benzene rings is 2. The lowest BCUT2D eigenvalue weighted by Gasteiger charge is -2.36. The molecular formula is C30H31N5O4. The van der Waals surface area contributed by atoms with Crippen molar-refractivity contribution in [2.75, 3.05) is 32.7 Å². The van der Waals surface area contributed by atoms with Crippen molar-refractivity contribution in [3.8, 4) is 0 Å². The predicted octanol–water partition coefficient (Wildman–Crippen LogP) is 4.55. The Morgan fingerprint density at radius 3 is 2.36 bits per heavy atom. The summed E-state index contributed by atoms with van der Waals surface area (Å²) in [5, 5.41) is 11.2. The van der Waals surface area contributed by atoms with Crippen LogP contribution < -0.4 is 0 Å². The first kappa shape index (κ1) is 25.1. The highest BCUT2D eigenvalue weighted by Gasteiger charge is 2.30. The van der Waals surface area contributed by atoms with Crippen LogP contribution >= 0.6 is 0 Å². The Kier molecular flexibility index (Phi) is 7.00. The van der Waals surface area contributed by atoms with Crippen molar-refractivity contribution >= 4 is 11.6 Å². The lowest BCUT2D eigenvalue weighted by molar-refractivity contribution is -0.384. The van der Waals surface area contributed by atoms with Crippen molar-refractivity contribution in [1.82, 2.24) is 19.3 Å². The Hall–Kier alpha value is -4.21. The summed E-state index contributed by atoms with van der Waals surface area (Å²) < 4.78 is 8.30. The third kappa shape index (κ3) is 5.36. The monoisotopic (exact) mass is 525 g/mol. The molecule has 0 N–H and O–H groups in total. The molecule has 1 unspecified atom stereocenters. The van der Waals surface area contributed by atoms with Crippen LogP contribution in [0, 0.1) is 10.1 Å². The van der Waals surface area contributed by atoms with E-state index in [2.05, 4.69) is 50.9 Å². The molecule has 0 saturated carbocycles. The predicted molar refractivity (Wildman–Crippen MR) is 146 cm³/mol. The lowest BCUT2D eigenvalue weighted by Crippen LogP contribution is -2.48. The number of non-ortho nitro benzene ring substituents is 1. The number of fused-ring (bicyclic) bond motifs is 1. The van der Waals surface area contributed by atoms with Crippen molar-refractivity contribution in [2.24, 2.45) is 0 Å². The molecular weight excluding hydrogens is 494 g/mol. The molecule has 4 aromatic rings. The van der Waals surface area contributed by atoms with Crippen LogP contribution in [0.1, 0.15) is 39.2 Å². The second-order valence-electron chi connectivity index (χ2n) is 10.2. The van der Waals surface area contributed by atoms with Gasteiger partial charge < -0.3 is 13.9 Å². The number of rotatable bonds is 7. The van der Waals surface area contributed by atoms with E-state index in [4.69, 9.17) is 4.42 Å². The van der Waals surface area contributed by atoms with E-state index in [-0.39, 0.29) is 22.6 Å². The summed E-state index contributed by atoms with van der Waals surface area (Å²) >= 11 is 0. The number of hydrogen-bond donors (Lipinski definition) is 0. The van der Waals surface area contributed by atoms with Crippen LogP contribution in [-0.4, -0.2) is 62.8 Å². The summed E-state index contributed by atoms with van der Waals surface area (Å²) in [5.41, 5.74) is 3.47. The molecule has 2 aliphatic rings. The van der Waals surface area contributed by atoms with Gasteiger partial charge in [-0.05, 0) is 35.4 Å². The van der Waals surface area contributed by atoms with Gasteiger partial charge in [0.1, 0.15) is 5.76 Å². The number of piperazine rings is 1. The summed E-state index contributed by atoms with van der Waals surface area (Å²) in [4.78, 5) is 30.5. The minimum Gasteiger partial charge on any atom is -0.455 e. The summed E-state index contributed by atoms with van der Waals surface area (Å²) in [6.07, 6.45) is 2.06. The molecule has 1 atom stereocenters. The molecule has 200 valence electrons. The van der Waals surface area contributed by atoms with Gasteiger partial charge in [0, 0.05) is 69.8 Å². The van der Waals surface area contributed by atoms with Crippen LogP contribution in [0.25, 0.3) is 0 Å². The molecule has 2 aliphatic heterocycles. The molecule has 9 nitrogen and oxygen atoms in total. The highest BCUT2D eigenvalue weighted by molar-refractivity contribution is 5.91. The number of nitro groups is 1. The summed E-state index contributed by atoms with van der Waals surface area (Å²) in [5.74, 6) is 1.03. The fourth-order valence-electron chi connectivity index (χ4n) is 5.65. The van der Waals surface area contributed by atoms with Crippen molar-refractivity contribution in [3.05, 3.63) is 124 Å². The lowest BCUT2D eigenvalue weighted by atomic mass is 9.99. The number of furan rings is 1. The molecule has 0 bridgehead atoms. The van der Waals surface area contributed by atoms with Gasteiger partial charge in [-0.2, -0.15) is 0 Å². The fraction of sp³-hybridized carbons (Fsp3) is 0.300. The van der Waals surface area contributed by atoms with Gasteiger partial charge in [0.25, 0.3) is 11.6 Å². The first-order chi connectivity index (χ1) is 19.0. The highest BCUT2D eigenvalue weighted by Crippen LogP contribution is 2.34. The fourth-order valence-corrected chi connectivity index (χ4v) is 5.65. The van der Waals surface area contributed by atoms with Gasteiger partial charge in [0.05, 0.1) is 17.5 Å². The molecule has 6 rings (SSSR count). The van der Waals surface area contributed by atoms with E-state index >= 15 is 0 Å². The van der Waals surface area contributed by atoms with E-state index in [0.717, 1.165) is 49.7 Å². The summed E-state index contributed by atoms with van der Waals surface area (Å²) in [7, 11) is 0. The summed E-state index contributed by atoms with van der Waals surface area (Å²) in [6.45, 7) is 6.06. The van der Waals surface area contributed by atoms with Crippen LogP contribution in [-0.2, 0) is 19.6 Å². The second kappa shape index (κ2) is 10.9. The van der Waals surface area contributed by atoms with Crippen LogP contribution in [0.15, 0.2) is 89.5 Å². The molecule has 4 heterocycles. The van der Waals surface area contributed by atoms with Gasteiger partial charge in [-0.3, -0.25) is 24.7 Å². The maximum atomic E-state index is 13.2. The Balaban J connectivity index is 1.12. The molecule has 0 spiro atoms. The zero-order valence-corrected chi connectivity index (χ0v) is 21.7. The maximum Gasteiger partial charge on any atom is 0.289 e. The van der Waals surface area contributed by atoms with E-state index in [1.165, 1.54) is 5.56 Å². The van der Waals surface area contributed by atoms with Gasteiger partial charge in [0.15, 0.2) is 5.76 Å². The molecule has 1 amide bonds. The van der Waals surface area contributed by atoms with Crippen LogP contribution in [0.5, 0.6) is 0 Å².